The van der Waals surface area contributed by atoms with Crippen LogP contribution in [0.5, 0.6) is 0 Å². The second-order valence-corrected chi connectivity index (χ2v) is 6.13. The van der Waals surface area contributed by atoms with E-state index in [9.17, 15) is 8.42 Å². The van der Waals surface area contributed by atoms with Crippen LogP contribution in [-0.4, -0.2) is 24.7 Å². The Morgan fingerprint density at radius 2 is 2.00 bits per heavy atom. The van der Waals surface area contributed by atoms with Gasteiger partial charge >= 0.3 is 0 Å². The summed E-state index contributed by atoms with van der Waals surface area (Å²) in [5.74, 6) is 0. The van der Waals surface area contributed by atoms with Crippen LogP contribution in [0.1, 0.15) is 45.2 Å². The van der Waals surface area contributed by atoms with E-state index < -0.39 is 10.0 Å². The molecule has 0 saturated carbocycles. The third-order valence-corrected chi connectivity index (χ3v) is 4.40. The van der Waals surface area contributed by atoms with Crippen molar-refractivity contribution in [2.45, 2.75) is 57.9 Å². The van der Waals surface area contributed by atoms with Gasteiger partial charge in [-0.05, 0) is 20.3 Å². The topological polar surface area (TPSA) is 64.0 Å². The molecule has 18 heavy (non-hydrogen) atoms. The van der Waals surface area contributed by atoms with Crippen LogP contribution < -0.4 is 4.72 Å². The standard InChI is InChI=1S/C12H23N3O2S/c1-4-6-7-8-9-13-18(16,17)12-10-15(5-2)14-11(12)3/h10,13H,4-9H2,1-3H3. The van der Waals surface area contributed by atoms with Gasteiger partial charge in [0, 0.05) is 19.3 Å². The number of nitrogens with zero attached hydrogens (tertiary/aromatic N) is 2. The van der Waals surface area contributed by atoms with Crippen molar-refractivity contribution in [2.24, 2.45) is 0 Å². The van der Waals surface area contributed by atoms with Crippen LogP contribution in [0.15, 0.2) is 11.1 Å². The number of hydrogen-bond acceptors (Lipinski definition) is 3. The Kier molecular flexibility index (Phi) is 5.81. The minimum atomic E-state index is -3.40. The lowest BCUT2D eigenvalue weighted by atomic mass is 10.2. The van der Waals surface area contributed by atoms with Crippen molar-refractivity contribution < 1.29 is 8.42 Å². The Morgan fingerprint density at radius 1 is 1.28 bits per heavy atom. The first-order chi connectivity index (χ1) is 8.51. The van der Waals surface area contributed by atoms with Crippen molar-refractivity contribution in [3.05, 3.63) is 11.9 Å². The predicted molar refractivity (Wildman–Crippen MR) is 72.0 cm³/mol. The van der Waals surface area contributed by atoms with Crippen molar-refractivity contribution >= 4 is 10.0 Å². The quantitative estimate of drug-likeness (QED) is 0.737. The normalized spacial score (nSPS) is 11.9. The molecule has 0 radical (unpaired) electrons. The average molecular weight is 273 g/mol. The van der Waals surface area contributed by atoms with E-state index in [0.717, 1.165) is 25.7 Å². The monoisotopic (exact) mass is 273 g/mol. The zero-order valence-corrected chi connectivity index (χ0v) is 12.3. The minimum Gasteiger partial charge on any atom is -0.271 e. The van der Waals surface area contributed by atoms with Crippen LogP contribution >= 0.6 is 0 Å². The number of unbranched alkanes of at least 4 members (excludes halogenated alkanes) is 3. The molecular weight excluding hydrogens is 250 g/mol. The summed E-state index contributed by atoms with van der Waals surface area (Å²) < 4.78 is 28.4. The Balaban J connectivity index is 2.60. The van der Waals surface area contributed by atoms with Crippen LogP contribution in [0.4, 0.5) is 0 Å². The molecule has 104 valence electrons. The first-order valence-electron chi connectivity index (χ1n) is 6.55. The number of nitrogens with one attached hydrogen (secondary N) is 1. The zero-order chi connectivity index (χ0) is 13.6. The number of aryl methyl sites for hydroxylation is 2. The summed E-state index contributed by atoms with van der Waals surface area (Å²) in [5, 5.41) is 4.15. The molecule has 0 unspecified atom stereocenters. The zero-order valence-electron chi connectivity index (χ0n) is 11.4. The smallest absolute Gasteiger partial charge is 0.243 e. The van der Waals surface area contributed by atoms with Crippen molar-refractivity contribution in [1.82, 2.24) is 14.5 Å². The second kappa shape index (κ2) is 6.89. The largest absolute Gasteiger partial charge is 0.271 e. The van der Waals surface area contributed by atoms with Crippen LogP contribution in [0.25, 0.3) is 0 Å². The molecule has 0 spiro atoms. The Labute approximate surface area is 110 Å². The molecule has 1 aromatic rings. The van der Waals surface area contributed by atoms with Gasteiger partial charge < -0.3 is 0 Å². The third kappa shape index (κ3) is 4.10. The third-order valence-electron chi connectivity index (χ3n) is 2.84. The summed E-state index contributed by atoms with van der Waals surface area (Å²) >= 11 is 0. The highest BCUT2D eigenvalue weighted by molar-refractivity contribution is 7.89. The number of rotatable bonds is 8. The molecule has 0 aromatic carbocycles. The van der Waals surface area contributed by atoms with Crippen LogP contribution in [0.2, 0.25) is 0 Å². The lowest BCUT2D eigenvalue weighted by Crippen LogP contribution is -2.25. The summed E-state index contributed by atoms with van der Waals surface area (Å²) in [6, 6.07) is 0. The Bertz CT molecular complexity index is 466. The molecule has 1 N–H and O–H groups in total. The maximum absolute atomic E-state index is 12.1. The molecule has 1 rings (SSSR count). The maximum Gasteiger partial charge on any atom is 0.243 e. The van der Waals surface area contributed by atoms with Crippen LogP contribution in [0, 0.1) is 6.92 Å². The predicted octanol–water partition coefficient (Wildman–Crippen LogP) is 2.07. The van der Waals surface area contributed by atoms with Crippen molar-refractivity contribution in [3.63, 3.8) is 0 Å². The van der Waals surface area contributed by atoms with E-state index in [1.807, 2.05) is 6.92 Å². The van der Waals surface area contributed by atoms with Gasteiger partial charge in [0.2, 0.25) is 10.0 Å². The van der Waals surface area contributed by atoms with Gasteiger partial charge in [0.1, 0.15) is 4.90 Å². The number of sulfonamides is 1. The van der Waals surface area contributed by atoms with Gasteiger partial charge in [0.15, 0.2) is 0 Å². The van der Waals surface area contributed by atoms with Gasteiger partial charge in [-0.25, -0.2) is 13.1 Å². The molecule has 6 heteroatoms. The van der Waals surface area contributed by atoms with Gasteiger partial charge in [-0.3, -0.25) is 4.68 Å². The summed E-state index contributed by atoms with van der Waals surface area (Å²) in [5.41, 5.74) is 0.554. The highest BCUT2D eigenvalue weighted by Crippen LogP contribution is 2.13. The molecule has 0 aliphatic carbocycles. The van der Waals surface area contributed by atoms with Crippen molar-refractivity contribution in [1.29, 1.82) is 0 Å². The molecule has 0 aliphatic rings. The van der Waals surface area contributed by atoms with E-state index in [-0.39, 0.29) is 0 Å². The van der Waals surface area contributed by atoms with Crippen LogP contribution in [-0.2, 0) is 16.6 Å². The average Bonchev–Trinajstić information content (AvgIpc) is 2.71. The molecule has 1 aromatic heterocycles. The van der Waals surface area contributed by atoms with E-state index in [1.54, 1.807) is 17.8 Å². The molecule has 0 aliphatic heterocycles. The van der Waals surface area contributed by atoms with E-state index in [4.69, 9.17) is 0 Å². The van der Waals surface area contributed by atoms with Crippen molar-refractivity contribution in [2.75, 3.05) is 6.54 Å². The van der Waals surface area contributed by atoms with Gasteiger partial charge in [-0.2, -0.15) is 5.10 Å². The molecule has 5 nitrogen and oxygen atoms in total. The summed E-state index contributed by atoms with van der Waals surface area (Å²) in [4.78, 5) is 0.292. The number of hydrogen-bond donors (Lipinski definition) is 1. The highest BCUT2D eigenvalue weighted by Gasteiger charge is 2.19. The van der Waals surface area contributed by atoms with E-state index in [2.05, 4.69) is 16.7 Å². The fourth-order valence-electron chi connectivity index (χ4n) is 1.76. The lowest BCUT2D eigenvalue weighted by molar-refractivity contribution is 0.573. The minimum absolute atomic E-state index is 0.292. The molecular formula is C12H23N3O2S. The fraction of sp³-hybridized carbons (Fsp3) is 0.750. The van der Waals surface area contributed by atoms with Crippen molar-refractivity contribution in [3.8, 4) is 0 Å². The summed E-state index contributed by atoms with van der Waals surface area (Å²) in [6.45, 7) is 6.96. The van der Waals surface area contributed by atoms with Gasteiger partial charge in [0.25, 0.3) is 0 Å². The van der Waals surface area contributed by atoms with Crippen LogP contribution in [0.3, 0.4) is 0 Å². The van der Waals surface area contributed by atoms with Gasteiger partial charge in [0.05, 0.1) is 5.69 Å². The Hall–Kier alpha value is -0.880. The lowest BCUT2D eigenvalue weighted by Gasteiger charge is -2.05. The SMILES string of the molecule is CCCCCCNS(=O)(=O)c1cn(CC)nc1C. The molecule has 0 fully saturated rings. The molecule has 0 bridgehead atoms. The molecule has 1 heterocycles. The van der Waals surface area contributed by atoms with E-state index in [1.165, 1.54) is 0 Å². The summed E-state index contributed by atoms with van der Waals surface area (Å²) in [7, 11) is -3.40. The molecule has 0 atom stereocenters. The maximum atomic E-state index is 12.1. The first kappa shape index (κ1) is 15.2. The van der Waals surface area contributed by atoms with E-state index >= 15 is 0 Å². The second-order valence-electron chi connectivity index (χ2n) is 4.39. The van der Waals surface area contributed by atoms with Gasteiger partial charge in [-0.1, -0.05) is 26.2 Å². The Morgan fingerprint density at radius 3 is 2.56 bits per heavy atom. The number of aromatic nitrogens is 2. The first-order valence-corrected chi connectivity index (χ1v) is 8.03. The molecule has 0 saturated heterocycles. The van der Waals surface area contributed by atoms with E-state index in [0.29, 0.717) is 23.7 Å². The summed E-state index contributed by atoms with van der Waals surface area (Å²) in [6.07, 6.45) is 5.83. The van der Waals surface area contributed by atoms with Gasteiger partial charge in [-0.15, -0.1) is 0 Å². The highest BCUT2D eigenvalue weighted by atomic mass is 32.2. The fourth-order valence-corrected chi connectivity index (χ4v) is 3.02. The molecule has 0 amide bonds.